The van der Waals surface area contributed by atoms with E-state index in [0.717, 1.165) is 5.56 Å². The minimum atomic E-state index is -3.51. The fourth-order valence-corrected chi connectivity index (χ4v) is 3.46. The minimum Gasteiger partial charge on any atom is -0.497 e. The smallest absolute Gasteiger partial charge is 0.216 e. The van der Waals surface area contributed by atoms with E-state index in [1.165, 1.54) is 24.3 Å². The van der Waals surface area contributed by atoms with Gasteiger partial charge < -0.3 is 4.74 Å². The molecular formula is C16H18FNO3S. The van der Waals surface area contributed by atoms with Gasteiger partial charge in [0.15, 0.2) is 0 Å². The van der Waals surface area contributed by atoms with Crippen LogP contribution in [-0.2, 0) is 15.8 Å². The zero-order valence-electron chi connectivity index (χ0n) is 12.4. The molecule has 4 nitrogen and oxygen atoms in total. The molecule has 2 aromatic rings. The Balaban J connectivity index is 2.05. The summed E-state index contributed by atoms with van der Waals surface area (Å²) in [6.07, 6.45) is 0. The van der Waals surface area contributed by atoms with Gasteiger partial charge in [-0.15, -0.1) is 0 Å². The van der Waals surface area contributed by atoms with Crippen LogP contribution in [0.15, 0.2) is 48.5 Å². The Bertz CT molecular complexity index is 712. The molecule has 0 heterocycles. The lowest BCUT2D eigenvalue weighted by Gasteiger charge is -2.15. The molecule has 0 aliphatic rings. The number of methoxy groups -OCH3 is 1. The standard InChI is InChI=1S/C16H18FNO3S/c1-12(14-5-9-16(21-2)10-6-14)18-22(19,20)11-13-3-7-15(17)8-4-13/h3-10,12,18H,11H2,1-2H3. The van der Waals surface area contributed by atoms with Crippen molar-refractivity contribution in [1.82, 2.24) is 4.72 Å². The third kappa shape index (κ3) is 4.54. The first-order chi connectivity index (χ1) is 10.4. The normalized spacial score (nSPS) is 12.9. The lowest BCUT2D eigenvalue weighted by Crippen LogP contribution is -2.28. The van der Waals surface area contributed by atoms with E-state index >= 15 is 0 Å². The third-order valence-electron chi connectivity index (χ3n) is 3.24. The summed E-state index contributed by atoms with van der Waals surface area (Å²) in [7, 11) is -1.94. The van der Waals surface area contributed by atoms with Gasteiger partial charge in [-0.25, -0.2) is 17.5 Å². The van der Waals surface area contributed by atoms with Crippen LogP contribution in [-0.4, -0.2) is 15.5 Å². The van der Waals surface area contributed by atoms with Crippen molar-refractivity contribution < 1.29 is 17.5 Å². The fourth-order valence-electron chi connectivity index (χ4n) is 2.07. The van der Waals surface area contributed by atoms with Crippen LogP contribution >= 0.6 is 0 Å². The summed E-state index contributed by atoms with van der Waals surface area (Å²) >= 11 is 0. The first-order valence-corrected chi connectivity index (χ1v) is 8.43. The van der Waals surface area contributed by atoms with Crippen molar-refractivity contribution in [3.8, 4) is 5.75 Å². The van der Waals surface area contributed by atoms with Crippen molar-refractivity contribution >= 4 is 10.0 Å². The number of ether oxygens (including phenoxy) is 1. The molecule has 0 saturated heterocycles. The second kappa shape index (κ2) is 6.89. The van der Waals surface area contributed by atoms with Gasteiger partial charge in [0.25, 0.3) is 0 Å². The van der Waals surface area contributed by atoms with Gasteiger partial charge in [-0.05, 0) is 42.3 Å². The van der Waals surface area contributed by atoms with Gasteiger partial charge in [0, 0.05) is 6.04 Å². The van der Waals surface area contributed by atoms with Crippen molar-refractivity contribution in [3.63, 3.8) is 0 Å². The van der Waals surface area contributed by atoms with E-state index in [0.29, 0.717) is 11.3 Å². The van der Waals surface area contributed by atoms with Crippen LogP contribution in [0.25, 0.3) is 0 Å². The molecule has 0 spiro atoms. The Hall–Kier alpha value is -1.92. The van der Waals surface area contributed by atoms with Crippen molar-refractivity contribution in [1.29, 1.82) is 0 Å². The van der Waals surface area contributed by atoms with E-state index in [4.69, 9.17) is 4.74 Å². The zero-order chi connectivity index (χ0) is 16.2. The summed E-state index contributed by atoms with van der Waals surface area (Å²) in [5.74, 6) is 0.138. The van der Waals surface area contributed by atoms with Crippen LogP contribution < -0.4 is 9.46 Å². The first kappa shape index (κ1) is 16.5. The molecule has 0 bridgehead atoms. The van der Waals surface area contributed by atoms with Gasteiger partial charge in [0.1, 0.15) is 11.6 Å². The summed E-state index contributed by atoms with van der Waals surface area (Å²) in [6, 6.07) is 12.2. The molecule has 0 fully saturated rings. The summed E-state index contributed by atoms with van der Waals surface area (Å²) < 4.78 is 44.8. The van der Waals surface area contributed by atoms with E-state index in [1.54, 1.807) is 26.2 Å². The lowest BCUT2D eigenvalue weighted by atomic mass is 10.1. The van der Waals surface area contributed by atoms with Crippen LogP contribution in [0.5, 0.6) is 5.75 Å². The number of rotatable bonds is 6. The Morgan fingerprint density at radius 3 is 2.23 bits per heavy atom. The quantitative estimate of drug-likeness (QED) is 0.889. The zero-order valence-corrected chi connectivity index (χ0v) is 13.2. The molecular weight excluding hydrogens is 305 g/mol. The Morgan fingerprint density at radius 1 is 1.09 bits per heavy atom. The van der Waals surface area contributed by atoms with E-state index in [9.17, 15) is 12.8 Å². The Morgan fingerprint density at radius 2 is 1.68 bits per heavy atom. The van der Waals surface area contributed by atoms with Crippen LogP contribution in [0, 0.1) is 5.82 Å². The number of halogens is 1. The summed E-state index contributed by atoms with van der Waals surface area (Å²) in [5.41, 5.74) is 1.37. The molecule has 118 valence electrons. The van der Waals surface area contributed by atoms with Crippen molar-refractivity contribution in [3.05, 3.63) is 65.5 Å². The molecule has 0 aliphatic carbocycles. The molecule has 0 radical (unpaired) electrons. The molecule has 2 aromatic carbocycles. The monoisotopic (exact) mass is 323 g/mol. The van der Waals surface area contributed by atoms with Gasteiger partial charge in [-0.3, -0.25) is 0 Å². The van der Waals surface area contributed by atoms with Gasteiger partial charge in [-0.2, -0.15) is 0 Å². The molecule has 1 N–H and O–H groups in total. The average molecular weight is 323 g/mol. The molecule has 0 amide bonds. The largest absolute Gasteiger partial charge is 0.497 e. The molecule has 22 heavy (non-hydrogen) atoms. The Labute approximate surface area is 130 Å². The maximum absolute atomic E-state index is 12.8. The van der Waals surface area contributed by atoms with Gasteiger partial charge in [0.2, 0.25) is 10.0 Å². The molecule has 1 unspecified atom stereocenters. The molecule has 0 saturated carbocycles. The number of hydrogen-bond acceptors (Lipinski definition) is 3. The number of benzene rings is 2. The molecule has 2 rings (SSSR count). The van der Waals surface area contributed by atoms with E-state index in [1.807, 2.05) is 12.1 Å². The first-order valence-electron chi connectivity index (χ1n) is 6.78. The van der Waals surface area contributed by atoms with Crippen molar-refractivity contribution in [2.45, 2.75) is 18.7 Å². The highest BCUT2D eigenvalue weighted by atomic mass is 32.2. The topological polar surface area (TPSA) is 55.4 Å². The fraction of sp³-hybridized carbons (Fsp3) is 0.250. The van der Waals surface area contributed by atoms with Gasteiger partial charge >= 0.3 is 0 Å². The van der Waals surface area contributed by atoms with Crippen molar-refractivity contribution in [2.75, 3.05) is 7.11 Å². The van der Waals surface area contributed by atoms with Crippen molar-refractivity contribution in [2.24, 2.45) is 0 Å². The van der Waals surface area contributed by atoms with Gasteiger partial charge in [0.05, 0.1) is 12.9 Å². The molecule has 0 aliphatic heterocycles. The lowest BCUT2D eigenvalue weighted by molar-refractivity contribution is 0.414. The highest BCUT2D eigenvalue weighted by Gasteiger charge is 2.16. The second-order valence-electron chi connectivity index (χ2n) is 5.00. The third-order valence-corrected chi connectivity index (χ3v) is 4.67. The molecule has 0 aromatic heterocycles. The van der Waals surface area contributed by atoms with Crippen LogP contribution in [0.2, 0.25) is 0 Å². The average Bonchev–Trinajstić information content (AvgIpc) is 2.49. The predicted octanol–water partition coefficient (Wildman–Crippen LogP) is 3.01. The number of sulfonamides is 1. The maximum atomic E-state index is 12.8. The van der Waals surface area contributed by atoms with E-state index < -0.39 is 10.0 Å². The number of hydrogen-bond donors (Lipinski definition) is 1. The van der Waals surface area contributed by atoms with E-state index in [-0.39, 0.29) is 17.6 Å². The second-order valence-corrected chi connectivity index (χ2v) is 6.75. The highest BCUT2D eigenvalue weighted by Crippen LogP contribution is 2.18. The molecule has 1 atom stereocenters. The van der Waals surface area contributed by atoms with Gasteiger partial charge in [-0.1, -0.05) is 24.3 Å². The summed E-state index contributed by atoms with van der Waals surface area (Å²) in [5, 5.41) is 0. The molecule has 6 heteroatoms. The minimum absolute atomic E-state index is 0.187. The summed E-state index contributed by atoms with van der Waals surface area (Å²) in [4.78, 5) is 0. The number of nitrogens with one attached hydrogen (secondary N) is 1. The van der Waals surface area contributed by atoms with E-state index in [2.05, 4.69) is 4.72 Å². The van der Waals surface area contributed by atoms with Crippen LogP contribution in [0.4, 0.5) is 4.39 Å². The highest BCUT2D eigenvalue weighted by molar-refractivity contribution is 7.88. The maximum Gasteiger partial charge on any atom is 0.216 e. The predicted molar refractivity (Wildman–Crippen MR) is 83.6 cm³/mol. The van der Waals surface area contributed by atoms with Crippen LogP contribution in [0.3, 0.4) is 0 Å². The summed E-state index contributed by atoms with van der Waals surface area (Å²) in [6.45, 7) is 1.77. The van der Waals surface area contributed by atoms with Crippen LogP contribution in [0.1, 0.15) is 24.1 Å². The Kier molecular flexibility index (Phi) is 5.15. The SMILES string of the molecule is COc1ccc(C(C)NS(=O)(=O)Cc2ccc(F)cc2)cc1.